The topological polar surface area (TPSA) is 54.0 Å². The Morgan fingerprint density at radius 3 is 2.25 bits per heavy atom. The van der Waals surface area contributed by atoms with Crippen LogP contribution in [0.15, 0.2) is 40.6 Å². The molecule has 1 heterocycles. The van der Waals surface area contributed by atoms with E-state index >= 15 is 0 Å². The summed E-state index contributed by atoms with van der Waals surface area (Å²) in [7, 11) is 4.64. The number of ketones is 1. The van der Waals surface area contributed by atoms with Gasteiger partial charge in [-0.15, -0.1) is 0 Å². The van der Waals surface area contributed by atoms with Crippen molar-refractivity contribution in [2.75, 3.05) is 21.3 Å². The van der Waals surface area contributed by atoms with Crippen LogP contribution in [0.3, 0.4) is 0 Å². The van der Waals surface area contributed by atoms with E-state index in [1.807, 2.05) is 24.3 Å². The first-order valence-electron chi connectivity index (χ1n) is 7.11. The van der Waals surface area contributed by atoms with Crippen LogP contribution < -0.4 is 18.9 Å². The van der Waals surface area contributed by atoms with Crippen LogP contribution in [0.1, 0.15) is 15.9 Å². The van der Waals surface area contributed by atoms with Crippen molar-refractivity contribution in [2.24, 2.45) is 0 Å². The van der Waals surface area contributed by atoms with Crippen LogP contribution in [0.4, 0.5) is 0 Å². The number of allylic oxidation sites excluding steroid dienone is 1. The Labute approximate surface area is 147 Å². The molecule has 3 rings (SSSR count). The van der Waals surface area contributed by atoms with Gasteiger partial charge in [0.25, 0.3) is 0 Å². The number of fused-ring (bicyclic) bond motifs is 1. The molecule has 0 amide bonds. The second-order valence-electron chi connectivity index (χ2n) is 5.01. The fourth-order valence-electron chi connectivity index (χ4n) is 2.43. The molecule has 1 aliphatic heterocycles. The molecule has 0 N–H and O–H groups in total. The van der Waals surface area contributed by atoms with Crippen molar-refractivity contribution < 1.29 is 23.7 Å². The minimum Gasteiger partial charge on any atom is -0.497 e. The SMILES string of the molecule is COc1ccc(/C=C2\Oc3c(Br)c(OC)cc(OC)c3C2=O)cc1. The number of Topliss-reactive ketones (excluding diaryl/α,β-unsaturated/α-hetero) is 1. The van der Waals surface area contributed by atoms with Gasteiger partial charge in [0, 0.05) is 6.07 Å². The molecule has 6 heteroatoms. The lowest BCUT2D eigenvalue weighted by Crippen LogP contribution is -2.00. The average molecular weight is 391 g/mol. The molecule has 24 heavy (non-hydrogen) atoms. The van der Waals surface area contributed by atoms with Gasteiger partial charge in [-0.05, 0) is 39.7 Å². The van der Waals surface area contributed by atoms with E-state index in [0.717, 1.165) is 11.3 Å². The highest BCUT2D eigenvalue weighted by atomic mass is 79.9. The number of carbonyl (C=O) groups is 1. The fraction of sp³-hybridized carbons (Fsp3) is 0.167. The third-order valence-electron chi connectivity index (χ3n) is 3.67. The lowest BCUT2D eigenvalue weighted by atomic mass is 10.1. The molecule has 2 aromatic carbocycles. The summed E-state index contributed by atoms with van der Waals surface area (Å²) in [6.45, 7) is 0. The molecule has 2 aromatic rings. The Morgan fingerprint density at radius 1 is 1.00 bits per heavy atom. The van der Waals surface area contributed by atoms with Gasteiger partial charge in [0.15, 0.2) is 11.5 Å². The predicted octanol–water partition coefficient (Wildman–Crippen LogP) is 4.09. The van der Waals surface area contributed by atoms with E-state index in [0.29, 0.717) is 27.3 Å². The molecule has 0 saturated carbocycles. The zero-order valence-electron chi connectivity index (χ0n) is 13.4. The van der Waals surface area contributed by atoms with Crippen LogP contribution in [0.5, 0.6) is 23.0 Å². The number of benzene rings is 2. The highest BCUT2D eigenvalue weighted by Crippen LogP contribution is 2.48. The standard InChI is InChI=1S/C18H15BrO5/c1-21-11-6-4-10(5-7-11)8-14-17(20)15-12(22-2)9-13(23-3)16(19)18(15)24-14/h4-9H,1-3H3/b14-8-. The first kappa shape index (κ1) is 16.4. The van der Waals surface area contributed by atoms with Gasteiger partial charge < -0.3 is 18.9 Å². The number of methoxy groups -OCH3 is 3. The smallest absolute Gasteiger partial charge is 0.235 e. The number of rotatable bonds is 4. The molecular weight excluding hydrogens is 376 g/mol. The highest BCUT2D eigenvalue weighted by molar-refractivity contribution is 9.10. The Balaban J connectivity index is 2.03. The van der Waals surface area contributed by atoms with Crippen LogP contribution in [-0.2, 0) is 0 Å². The van der Waals surface area contributed by atoms with Crippen molar-refractivity contribution in [3.8, 4) is 23.0 Å². The normalized spacial score (nSPS) is 14.3. The summed E-state index contributed by atoms with van der Waals surface area (Å²) < 4.78 is 22.1. The molecule has 0 aliphatic carbocycles. The van der Waals surface area contributed by atoms with Crippen LogP contribution in [0.2, 0.25) is 0 Å². The van der Waals surface area contributed by atoms with Crippen molar-refractivity contribution in [2.45, 2.75) is 0 Å². The van der Waals surface area contributed by atoms with Crippen molar-refractivity contribution in [1.29, 1.82) is 0 Å². The van der Waals surface area contributed by atoms with Crippen molar-refractivity contribution >= 4 is 27.8 Å². The van der Waals surface area contributed by atoms with Gasteiger partial charge in [-0.1, -0.05) is 12.1 Å². The zero-order chi connectivity index (χ0) is 17.3. The van der Waals surface area contributed by atoms with Crippen LogP contribution in [0.25, 0.3) is 6.08 Å². The maximum Gasteiger partial charge on any atom is 0.235 e. The van der Waals surface area contributed by atoms with E-state index in [1.165, 1.54) is 14.2 Å². The summed E-state index contributed by atoms with van der Waals surface area (Å²) in [4.78, 5) is 12.7. The van der Waals surface area contributed by atoms with E-state index in [1.54, 1.807) is 19.3 Å². The first-order chi connectivity index (χ1) is 11.6. The quantitative estimate of drug-likeness (QED) is 0.735. The van der Waals surface area contributed by atoms with Crippen LogP contribution in [-0.4, -0.2) is 27.1 Å². The third-order valence-corrected chi connectivity index (χ3v) is 4.42. The second-order valence-corrected chi connectivity index (χ2v) is 5.81. The Bertz CT molecular complexity index is 824. The molecule has 5 nitrogen and oxygen atoms in total. The maximum atomic E-state index is 12.7. The summed E-state index contributed by atoms with van der Waals surface area (Å²) in [6, 6.07) is 8.98. The number of carbonyl (C=O) groups excluding carboxylic acids is 1. The van der Waals surface area contributed by atoms with Crippen molar-refractivity contribution in [3.63, 3.8) is 0 Å². The highest BCUT2D eigenvalue weighted by Gasteiger charge is 2.34. The minimum atomic E-state index is -0.235. The van der Waals surface area contributed by atoms with Crippen molar-refractivity contribution in [1.82, 2.24) is 0 Å². The minimum absolute atomic E-state index is 0.224. The molecule has 0 bridgehead atoms. The summed E-state index contributed by atoms with van der Waals surface area (Å²) in [6.07, 6.45) is 1.68. The fourth-order valence-corrected chi connectivity index (χ4v) is 2.99. The molecule has 0 unspecified atom stereocenters. The van der Waals surface area contributed by atoms with E-state index in [9.17, 15) is 4.79 Å². The molecule has 124 valence electrons. The predicted molar refractivity (Wildman–Crippen MR) is 93.2 cm³/mol. The molecular formula is C18H15BrO5. The van der Waals surface area contributed by atoms with Gasteiger partial charge in [-0.2, -0.15) is 0 Å². The molecule has 0 aromatic heterocycles. The van der Waals surface area contributed by atoms with E-state index < -0.39 is 0 Å². The van der Waals surface area contributed by atoms with Crippen LogP contribution in [0, 0.1) is 0 Å². The lowest BCUT2D eigenvalue weighted by Gasteiger charge is -2.10. The van der Waals surface area contributed by atoms with Gasteiger partial charge in [0.05, 0.1) is 21.3 Å². The third kappa shape index (κ3) is 2.73. The number of hydrogen-bond acceptors (Lipinski definition) is 5. The second kappa shape index (κ2) is 6.57. The maximum absolute atomic E-state index is 12.7. The summed E-state index contributed by atoms with van der Waals surface area (Å²) in [5.74, 6) is 2.07. The molecule has 0 radical (unpaired) electrons. The monoisotopic (exact) mass is 390 g/mol. The van der Waals surface area contributed by atoms with Gasteiger partial charge in [-0.3, -0.25) is 4.79 Å². The average Bonchev–Trinajstić information content (AvgIpc) is 2.94. The van der Waals surface area contributed by atoms with Gasteiger partial charge in [-0.25, -0.2) is 0 Å². The summed E-state index contributed by atoms with van der Waals surface area (Å²) >= 11 is 3.41. The largest absolute Gasteiger partial charge is 0.497 e. The first-order valence-corrected chi connectivity index (χ1v) is 7.91. The number of halogens is 1. The molecule has 1 aliphatic rings. The van der Waals surface area contributed by atoms with Crippen LogP contribution >= 0.6 is 15.9 Å². The van der Waals surface area contributed by atoms with Gasteiger partial charge in [0.1, 0.15) is 27.3 Å². The number of hydrogen-bond donors (Lipinski definition) is 0. The molecule has 0 spiro atoms. The van der Waals surface area contributed by atoms with Gasteiger partial charge >= 0.3 is 0 Å². The van der Waals surface area contributed by atoms with E-state index in [2.05, 4.69) is 15.9 Å². The Kier molecular flexibility index (Phi) is 4.49. The summed E-state index contributed by atoms with van der Waals surface area (Å²) in [5, 5.41) is 0. The zero-order valence-corrected chi connectivity index (χ0v) is 15.0. The lowest BCUT2D eigenvalue weighted by molar-refractivity contribution is 0.101. The van der Waals surface area contributed by atoms with E-state index in [4.69, 9.17) is 18.9 Å². The molecule has 0 atom stereocenters. The Hall–Kier alpha value is -2.47. The van der Waals surface area contributed by atoms with Crippen molar-refractivity contribution in [3.05, 3.63) is 51.7 Å². The summed E-state index contributed by atoms with van der Waals surface area (Å²) in [5.41, 5.74) is 1.21. The Morgan fingerprint density at radius 2 is 1.67 bits per heavy atom. The molecule has 0 saturated heterocycles. The number of ether oxygens (including phenoxy) is 4. The van der Waals surface area contributed by atoms with Gasteiger partial charge in [0.2, 0.25) is 5.78 Å². The molecule has 0 fully saturated rings. The van der Waals surface area contributed by atoms with E-state index in [-0.39, 0.29) is 11.5 Å².